The van der Waals surface area contributed by atoms with E-state index in [1.165, 1.54) is 12.1 Å². The maximum absolute atomic E-state index is 12.7. The molecule has 0 aromatic heterocycles. The first-order valence-electron chi connectivity index (χ1n) is 5.71. The van der Waals surface area contributed by atoms with E-state index in [-0.39, 0.29) is 5.56 Å². The fourth-order valence-corrected chi connectivity index (χ4v) is 2.07. The fraction of sp³-hybridized carbons (Fsp3) is 0.0714. The zero-order chi connectivity index (χ0) is 15.6. The summed E-state index contributed by atoms with van der Waals surface area (Å²) in [5, 5.41) is 2.41. The van der Waals surface area contributed by atoms with Crippen LogP contribution in [0.4, 0.5) is 18.9 Å². The molecule has 0 saturated carbocycles. The van der Waals surface area contributed by atoms with Gasteiger partial charge in [-0.1, -0.05) is 29.3 Å². The van der Waals surface area contributed by atoms with E-state index in [0.717, 1.165) is 6.07 Å². The smallest absolute Gasteiger partial charge is 0.322 e. The van der Waals surface area contributed by atoms with E-state index in [4.69, 9.17) is 23.2 Å². The van der Waals surface area contributed by atoms with Crippen LogP contribution in [0.25, 0.3) is 0 Å². The van der Waals surface area contributed by atoms with Crippen LogP contribution >= 0.6 is 23.2 Å². The molecule has 0 fully saturated rings. The number of hydrogen-bond donors (Lipinski definition) is 1. The maximum atomic E-state index is 12.7. The first kappa shape index (κ1) is 15.7. The molecule has 0 radical (unpaired) electrons. The van der Waals surface area contributed by atoms with Crippen LogP contribution in [0.2, 0.25) is 10.0 Å². The van der Waals surface area contributed by atoms with E-state index < -0.39 is 22.7 Å². The Morgan fingerprint density at radius 2 is 1.76 bits per heavy atom. The van der Waals surface area contributed by atoms with Crippen molar-refractivity contribution < 1.29 is 18.0 Å². The molecule has 0 aliphatic rings. The van der Waals surface area contributed by atoms with Gasteiger partial charge in [-0.25, -0.2) is 0 Å². The van der Waals surface area contributed by atoms with Gasteiger partial charge >= 0.3 is 6.18 Å². The van der Waals surface area contributed by atoms with Gasteiger partial charge in [0, 0.05) is 16.3 Å². The minimum Gasteiger partial charge on any atom is -0.322 e. The van der Waals surface area contributed by atoms with Gasteiger partial charge in [-0.05, 0) is 36.4 Å². The van der Waals surface area contributed by atoms with Crippen LogP contribution in [0.5, 0.6) is 0 Å². The molecule has 2 rings (SSSR count). The third kappa shape index (κ3) is 3.89. The summed E-state index contributed by atoms with van der Waals surface area (Å²) in [7, 11) is 0. The molecular formula is C14H8Cl2F3NO. The number of anilines is 1. The number of hydrogen-bond acceptors (Lipinski definition) is 1. The summed E-state index contributed by atoms with van der Waals surface area (Å²) in [6.07, 6.45) is -4.62. The van der Waals surface area contributed by atoms with Crippen molar-refractivity contribution in [3.8, 4) is 0 Å². The molecule has 2 aromatic rings. The highest BCUT2D eigenvalue weighted by molar-refractivity contribution is 6.31. The van der Waals surface area contributed by atoms with Gasteiger partial charge in [0.05, 0.1) is 10.6 Å². The fourth-order valence-electron chi connectivity index (χ4n) is 1.65. The molecule has 0 atom stereocenters. The third-order valence-corrected chi connectivity index (χ3v) is 3.18. The summed E-state index contributed by atoms with van der Waals surface area (Å²) >= 11 is 11.3. The number of rotatable bonds is 2. The molecule has 110 valence electrons. The lowest BCUT2D eigenvalue weighted by Gasteiger charge is -2.11. The van der Waals surface area contributed by atoms with E-state index >= 15 is 0 Å². The predicted octanol–water partition coefficient (Wildman–Crippen LogP) is 5.26. The van der Waals surface area contributed by atoms with Crippen molar-refractivity contribution in [3.63, 3.8) is 0 Å². The SMILES string of the molecule is O=C(Nc1cccc(Cl)c1)c1ccc(Cl)c(C(F)(F)F)c1. The lowest BCUT2D eigenvalue weighted by Crippen LogP contribution is -2.14. The van der Waals surface area contributed by atoms with Gasteiger partial charge < -0.3 is 5.32 Å². The van der Waals surface area contributed by atoms with Crippen LogP contribution in [0.3, 0.4) is 0 Å². The number of carbonyl (C=O) groups is 1. The zero-order valence-electron chi connectivity index (χ0n) is 10.3. The summed E-state index contributed by atoms with van der Waals surface area (Å²) in [5.41, 5.74) is -0.814. The standard InChI is InChI=1S/C14H8Cl2F3NO/c15-9-2-1-3-10(7-9)20-13(21)8-4-5-12(16)11(6-8)14(17,18)19/h1-7H,(H,20,21). The topological polar surface area (TPSA) is 29.1 Å². The number of carbonyl (C=O) groups excluding carboxylic acids is 1. The highest BCUT2D eigenvalue weighted by Crippen LogP contribution is 2.35. The molecule has 0 unspecified atom stereocenters. The average molecular weight is 334 g/mol. The van der Waals surface area contributed by atoms with Crippen LogP contribution < -0.4 is 5.32 Å². The van der Waals surface area contributed by atoms with Crippen molar-refractivity contribution >= 4 is 34.8 Å². The Hall–Kier alpha value is -1.72. The van der Waals surface area contributed by atoms with Crippen LogP contribution in [0, 0.1) is 0 Å². The second kappa shape index (κ2) is 5.95. The van der Waals surface area contributed by atoms with E-state index in [1.807, 2.05) is 0 Å². The molecule has 0 saturated heterocycles. The molecule has 0 spiro atoms. The largest absolute Gasteiger partial charge is 0.417 e. The van der Waals surface area contributed by atoms with Crippen molar-refractivity contribution in [2.24, 2.45) is 0 Å². The maximum Gasteiger partial charge on any atom is 0.417 e. The first-order chi connectivity index (χ1) is 9.77. The van der Waals surface area contributed by atoms with Gasteiger partial charge in [-0.2, -0.15) is 13.2 Å². The van der Waals surface area contributed by atoms with E-state index in [2.05, 4.69) is 5.32 Å². The summed E-state index contributed by atoms with van der Waals surface area (Å²) in [4.78, 5) is 12.0. The van der Waals surface area contributed by atoms with E-state index in [9.17, 15) is 18.0 Å². The van der Waals surface area contributed by atoms with Crippen LogP contribution in [-0.2, 0) is 6.18 Å². The van der Waals surface area contributed by atoms with Gasteiger partial charge in [-0.15, -0.1) is 0 Å². The normalized spacial score (nSPS) is 11.3. The van der Waals surface area contributed by atoms with Crippen LogP contribution in [0.15, 0.2) is 42.5 Å². The lowest BCUT2D eigenvalue weighted by molar-refractivity contribution is -0.137. The van der Waals surface area contributed by atoms with Crippen LogP contribution in [0.1, 0.15) is 15.9 Å². The Labute approximate surface area is 128 Å². The molecule has 7 heteroatoms. The second-order valence-corrected chi connectivity index (χ2v) is 5.00. The number of nitrogens with one attached hydrogen (secondary N) is 1. The highest BCUT2D eigenvalue weighted by Gasteiger charge is 2.33. The molecular weight excluding hydrogens is 326 g/mol. The van der Waals surface area contributed by atoms with Crippen molar-refractivity contribution in [2.75, 3.05) is 5.32 Å². The van der Waals surface area contributed by atoms with Crippen LogP contribution in [-0.4, -0.2) is 5.91 Å². The minimum atomic E-state index is -4.62. The zero-order valence-corrected chi connectivity index (χ0v) is 11.9. The molecule has 0 heterocycles. The van der Waals surface area contributed by atoms with Gasteiger partial charge in [-0.3, -0.25) is 4.79 Å². The number of alkyl halides is 3. The molecule has 0 aliphatic carbocycles. The molecule has 2 nitrogen and oxygen atoms in total. The summed E-state index contributed by atoms with van der Waals surface area (Å²) in [6.45, 7) is 0. The highest BCUT2D eigenvalue weighted by atomic mass is 35.5. The minimum absolute atomic E-state index is 0.147. The summed E-state index contributed by atoms with van der Waals surface area (Å²) in [5.74, 6) is -0.681. The molecule has 0 bridgehead atoms. The molecule has 0 aliphatic heterocycles. The third-order valence-electron chi connectivity index (χ3n) is 2.62. The average Bonchev–Trinajstić information content (AvgIpc) is 2.37. The van der Waals surface area contributed by atoms with Gasteiger partial charge in [0.2, 0.25) is 0 Å². The second-order valence-electron chi connectivity index (χ2n) is 4.16. The van der Waals surface area contributed by atoms with Gasteiger partial charge in [0.25, 0.3) is 5.91 Å². The first-order valence-corrected chi connectivity index (χ1v) is 6.46. The summed E-state index contributed by atoms with van der Waals surface area (Å²) in [6, 6.07) is 9.25. The van der Waals surface area contributed by atoms with Crippen molar-refractivity contribution in [1.29, 1.82) is 0 Å². The number of amides is 1. The Bertz CT molecular complexity index is 686. The Morgan fingerprint density at radius 3 is 2.38 bits per heavy atom. The quantitative estimate of drug-likeness (QED) is 0.797. The Kier molecular flexibility index (Phi) is 4.44. The number of benzene rings is 2. The van der Waals surface area contributed by atoms with E-state index in [0.29, 0.717) is 16.8 Å². The molecule has 21 heavy (non-hydrogen) atoms. The molecule has 1 N–H and O–H groups in total. The lowest BCUT2D eigenvalue weighted by atomic mass is 10.1. The van der Waals surface area contributed by atoms with Gasteiger partial charge in [0.15, 0.2) is 0 Å². The Balaban J connectivity index is 2.28. The Morgan fingerprint density at radius 1 is 1.05 bits per heavy atom. The van der Waals surface area contributed by atoms with Crippen molar-refractivity contribution in [1.82, 2.24) is 0 Å². The van der Waals surface area contributed by atoms with Crippen molar-refractivity contribution in [3.05, 3.63) is 63.6 Å². The summed E-state index contributed by atoms with van der Waals surface area (Å²) < 4.78 is 38.2. The molecule has 2 aromatic carbocycles. The number of halogens is 5. The monoisotopic (exact) mass is 333 g/mol. The molecule has 1 amide bonds. The van der Waals surface area contributed by atoms with E-state index in [1.54, 1.807) is 18.2 Å². The predicted molar refractivity (Wildman–Crippen MR) is 75.9 cm³/mol. The van der Waals surface area contributed by atoms with Gasteiger partial charge in [0.1, 0.15) is 0 Å². The van der Waals surface area contributed by atoms with Crippen molar-refractivity contribution in [2.45, 2.75) is 6.18 Å².